The Morgan fingerprint density at radius 1 is 1.46 bits per heavy atom. The first-order valence-corrected chi connectivity index (χ1v) is 8.71. The van der Waals surface area contributed by atoms with Crippen molar-refractivity contribution in [2.45, 2.75) is 44.1 Å². The predicted octanol–water partition coefficient (Wildman–Crippen LogP) is 1.78. The third-order valence-electron chi connectivity index (χ3n) is 5.29. The van der Waals surface area contributed by atoms with Crippen molar-refractivity contribution in [1.29, 1.82) is 0 Å². The van der Waals surface area contributed by atoms with Gasteiger partial charge in [0.2, 0.25) is 11.8 Å². The molecule has 0 radical (unpaired) electrons. The average molecular weight is 330 g/mol. The quantitative estimate of drug-likeness (QED) is 0.809. The molecule has 2 aliphatic heterocycles. The van der Waals surface area contributed by atoms with Crippen molar-refractivity contribution < 1.29 is 14.3 Å². The Balaban J connectivity index is 1.85. The van der Waals surface area contributed by atoms with Crippen LogP contribution >= 0.6 is 0 Å². The van der Waals surface area contributed by atoms with Gasteiger partial charge in [0, 0.05) is 39.3 Å². The van der Waals surface area contributed by atoms with E-state index in [1.165, 1.54) is 0 Å². The van der Waals surface area contributed by atoms with Gasteiger partial charge in [0.25, 0.3) is 0 Å². The van der Waals surface area contributed by atoms with Gasteiger partial charge < -0.3 is 15.0 Å². The summed E-state index contributed by atoms with van der Waals surface area (Å²) in [5.41, 5.74) is 1.53. The lowest BCUT2D eigenvalue weighted by Gasteiger charge is -2.29. The van der Waals surface area contributed by atoms with Gasteiger partial charge in [-0.25, -0.2) is 0 Å². The van der Waals surface area contributed by atoms with Crippen molar-refractivity contribution in [2.75, 3.05) is 26.8 Å². The first kappa shape index (κ1) is 17.0. The first-order valence-electron chi connectivity index (χ1n) is 8.71. The largest absolute Gasteiger partial charge is 0.385 e. The molecule has 2 fully saturated rings. The first-order chi connectivity index (χ1) is 11.6. The van der Waals surface area contributed by atoms with E-state index in [9.17, 15) is 9.59 Å². The van der Waals surface area contributed by atoms with E-state index >= 15 is 0 Å². The fraction of sp³-hybridized carbons (Fsp3) is 0.579. The Kier molecular flexibility index (Phi) is 4.90. The number of hydrogen-bond donors (Lipinski definition) is 1. The van der Waals surface area contributed by atoms with E-state index < -0.39 is 5.41 Å². The number of benzene rings is 1. The summed E-state index contributed by atoms with van der Waals surface area (Å²) in [5, 5.41) is 3.07. The number of methoxy groups -OCH3 is 1. The minimum atomic E-state index is -0.625. The fourth-order valence-corrected chi connectivity index (χ4v) is 4.02. The number of rotatable bonds is 6. The zero-order valence-electron chi connectivity index (χ0n) is 14.5. The molecule has 2 amide bonds. The van der Waals surface area contributed by atoms with Crippen LogP contribution in [0.2, 0.25) is 0 Å². The maximum Gasteiger partial charge on any atom is 0.232 e. The highest BCUT2D eigenvalue weighted by molar-refractivity contribution is 5.91. The van der Waals surface area contributed by atoms with Crippen LogP contribution in [0.3, 0.4) is 0 Å². The second-order valence-corrected chi connectivity index (χ2v) is 6.97. The smallest absolute Gasteiger partial charge is 0.232 e. The number of nitrogens with zero attached hydrogens (tertiary/aromatic N) is 1. The Bertz CT molecular complexity index is 631. The Hall–Kier alpha value is -1.88. The highest BCUT2D eigenvalue weighted by Crippen LogP contribution is 2.43. The number of ether oxygens (including phenoxy) is 1. The lowest BCUT2D eigenvalue weighted by atomic mass is 9.76. The summed E-state index contributed by atoms with van der Waals surface area (Å²) in [7, 11) is 1.66. The van der Waals surface area contributed by atoms with Crippen LogP contribution in [0.5, 0.6) is 0 Å². The maximum atomic E-state index is 13.1. The van der Waals surface area contributed by atoms with Gasteiger partial charge in [-0.15, -0.1) is 0 Å². The molecule has 24 heavy (non-hydrogen) atoms. The number of hydrogen-bond acceptors (Lipinski definition) is 3. The van der Waals surface area contributed by atoms with Gasteiger partial charge in [0.05, 0.1) is 5.41 Å². The van der Waals surface area contributed by atoms with Gasteiger partial charge in [0.1, 0.15) is 0 Å². The van der Waals surface area contributed by atoms with Gasteiger partial charge in [-0.05, 0) is 31.7 Å². The summed E-state index contributed by atoms with van der Waals surface area (Å²) in [6, 6.07) is 8.34. The van der Waals surface area contributed by atoms with Crippen molar-refractivity contribution in [3.8, 4) is 0 Å². The number of aryl methyl sites for hydroxylation is 1. The van der Waals surface area contributed by atoms with Gasteiger partial charge in [-0.1, -0.05) is 29.8 Å². The van der Waals surface area contributed by atoms with Crippen molar-refractivity contribution >= 4 is 11.8 Å². The zero-order valence-corrected chi connectivity index (χ0v) is 14.5. The van der Waals surface area contributed by atoms with E-state index in [0.29, 0.717) is 26.1 Å². The maximum absolute atomic E-state index is 13.1. The van der Waals surface area contributed by atoms with Gasteiger partial charge in [0.15, 0.2) is 0 Å². The number of fused-ring (bicyclic) bond motifs is 1. The molecular formula is C19H26N2O3. The number of nitrogens with one attached hydrogen (secondary N) is 1. The topological polar surface area (TPSA) is 58.6 Å². The van der Waals surface area contributed by atoms with Crippen LogP contribution in [0.4, 0.5) is 0 Å². The van der Waals surface area contributed by atoms with E-state index in [1.807, 2.05) is 30.0 Å². The molecule has 2 heterocycles. The predicted molar refractivity (Wildman–Crippen MR) is 91.7 cm³/mol. The van der Waals surface area contributed by atoms with Gasteiger partial charge >= 0.3 is 0 Å². The monoisotopic (exact) mass is 330 g/mol. The molecule has 0 spiro atoms. The van der Waals surface area contributed by atoms with Crippen molar-refractivity contribution in [3.63, 3.8) is 0 Å². The number of amides is 2. The average Bonchev–Trinajstić information content (AvgIpc) is 3.12. The fourth-order valence-electron chi connectivity index (χ4n) is 4.02. The molecule has 0 saturated carbocycles. The lowest BCUT2D eigenvalue weighted by molar-refractivity contribution is -0.129. The van der Waals surface area contributed by atoms with Gasteiger partial charge in [-0.3, -0.25) is 9.59 Å². The molecule has 130 valence electrons. The highest BCUT2D eigenvalue weighted by atomic mass is 16.5. The summed E-state index contributed by atoms with van der Waals surface area (Å²) in [6.07, 6.45) is 2.99. The van der Waals surface area contributed by atoms with Gasteiger partial charge in [-0.2, -0.15) is 0 Å². The van der Waals surface area contributed by atoms with Crippen LogP contribution < -0.4 is 5.32 Å². The zero-order chi connectivity index (χ0) is 17.2. The minimum Gasteiger partial charge on any atom is -0.385 e. The molecule has 0 aliphatic carbocycles. The standard InChI is InChI=1S/C19H26N2O3/c1-14-5-3-6-15(11-14)19(18(23)20-9-4-10-24-2)12-16-7-8-17(22)21(16)13-19/h3,5-6,11,16H,4,7-10,12-13H2,1-2H3,(H,20,23). The van der Waals surface area contributed by atoms with E-state index in [-0.39, 0.29) is 17.9 Å². The molecule has 2 unspecified atom stereocenters. The molecule has 5 heteroatoms. The van der Waals surface area contributed by atoms with E-state index in [0.717, 1.165) is 30.4 Å². The summed E-state index contributed by atoms with van der Waals surface area (Å²) in [4.78, 5) is 27.1. The lowest BCUT2D eigenvalue weighted by Crippen LogP contribution is -2.47. The summed E-state index contributed by atoms with van der Waals surface area (Å²) in [6.45, 7) is 3.76. The molecule has 2 atom stereocenters. The number of carbonyl (C=O) groups excluding carboxylic acids is 2. The molecular weight excluding hydrogens is 304 g/mol. The van der Waals surface area contributed by atoms with E-state index in [4.69, 9.17) is 4.74 Å². The summed E-state index contributed by atoms with van der Waals surface area (Å²) >= 11 is 0. The molecule has 3 rings (SSSR count). The van der Waals surface area contributed by atoms with Crippen LogP contribution in [0.15, 0.2) is 24.3 Å². The Morgan fingerprint density at radius 2 is 2.29 bits per heavy atom. The normalized spacial score (nSPS) is 25.8. The molecule has 2 aliphatic rings. The van der Waals surface area contributed by atoms with Crippen molar-refractivity contribution in [1.82, 2.24) is 10.2 Å². The number of carbonyl (C=O) groups is 2. The molecule has 1 N–H and O–H groups in total. The molecule has 2 saturated heterocycles. The Morgan fingerprint density at radius 3 is 3.00 bits per heavy atom. The van der Waals surface area contributed by atoms with Crippen LogP contribution in [0.1, 0.15) is 36.8 Å². The SMILES string of the molecule is COCCCNC(=O)C1(c2cccc(C)c2)CC2CCC(=O)N2C1. The van der Waals surface area contributed by atoms with Crippen molar-refractivity contribution in [2.24, 2.45) is 0 Å². The summed E-state index contributed by atoms with van der Waals surface area (Å²) in [5.74, 6) is 0.216. The minimum absolute atomic E-state index is 0.0337. The highest BCUT2D eigenvalue weighted by Gasteiger charge is 2.53. The second kappa shape index (κ2) is 6.93. The molecule has 1 aromatic rings. The summed E-state index contributed by atoms with van der Waals surface area (Å²) < 4.78 is 5.05. The van der Waals surface area contributed by atoms with Crippen LogP contribution in [0, 0.1) is 6.92 Å². The molecule has 1 aromatic carbocycles. The van der Waals surface area contributed by atoms with Crippen LogP contribution in [0.25, 0.3) is 0 Å². The molecule has 5 nitrogen and oxygen atoms in total. The van der Waals surface area contributed by atoms with Crippen LogP contribution in [-0.2, 0) is 19.7 Å². The Labute approximate surface area is 143 Å². The molecule has 0 aromatic heterocycles. The second-order valence-electron chi connectivity index (χ2n) is 6.97. The molecule has 0 bridgehead atoms. The van der Waals surface area contributed by atoms with E-state index in [1.54, 1.807) is 7.11 Å². The van der Waals surface area contributed by atoms with E-state index in [2.05, 4.69) is 11.4 Å². The van der Waals surface area contributed by atoms with Crippen molar-refractivity contribution in [3.05, 3.63) is 35.4 Å². The third-order valence-corrected chi connectivity index (χ3v) is 5.29. The van der Waals surface area contributed by atoms with Crippen LogP contribution in [-0.4, -0.2) is 49.6 Å². The third kappa shape index (κ3) is 3.05.